The van der Waals surface area contributed by atoms with Gasteiger partial charge in [-0.05, 0) is 0 Å². The fourth-order valence-corrected chi connectivity index (χ4v) is 7.32. The first-order chi connectivity index (χ1) is 16.2. The van der Waals surface area contributed by atoms with Gasteiger partial charge in [0, 0.05) is 0 Å². The third-order valence-electron chi connectivity index (χ3n) is 6.58. The first kappa shape index (κ1) is 18.9. The van der Waals surface area contributed by atoms with Crippen LogP contribution < -0.4 is 0 Å². The standard InChI is InChI=1S/C27H17N3O2Se/c31-25-17-5-1-2-6-18(17)26(32)19(25)12-15-9-10-16(11-15)30-13-20-23(14-30)33-27-24(20)28-21-7-3-4-8-22(21)29-27/h1-10,12H,11,13-14H2. The molecule has 158 valence electrons. The van der Waals surface area contributed by atoms with Crippen molar-refractivity contribution < 1.29 is 9.59 Å². The van der Waals surface area contributed by atoms with Crippen molar-refractivity contribution in [3.8, 4) is 0 Å². The molecule has 1 aliphatic heterocycles. The summed E-state index contributed by atoms with van der Waals surface area (Å²) in [4.78, 5) is 37.6. The average molecular weight is 494 g/mol. The van der Waals surface area contributed by atoms with Gasteiger partial charge in [0.2, 0.25) is 0 Å². The van der Waals surface area contributed by atoms with E-state index in [2.05, 4.69) is 11.0 Å². The Kier molecular flexibility index (Phi) is 3.98. The van der Waals surface area contributed by atoms with Crippen molar-refractivity contribution >= 4 is 47.0 Å². The monoisotopic (exact) mass is 495 g/mol. The third-order valence-corrected chi connectivity index (χ3v) is 8.89. The molecule has 0 atom stereocenters. The Morgan fingerprint density at radius 1 is 0.848 bits per heavy atom. The minimum absolute atomic E-state index is 0.170. The Labute approximate surface area is 195 Å². The number of para-hydroxylation sites is 2. The molecule has 3 heterocycles. The molecule has 0 bridgehead atoms. The fourth-order valence-electron chi connectivity index (χ4n) is 4.91. The number of Topliss-reactive ketones (excluding diaryl/α,β-unsaturated/α-hetero) is 2. The van der Waals surface area contributed by atoms with Gasteiger partial charge < -0.3 is 0 Å². The summed E-state index contributed by atoms with van der Waals surface area (Å²) in [6, 6.07) is 15.1. The summed E-state index contributed by atoms with van der Waals surface area (Å²) in [5, 5.41) is 0. The molecule has 0 saturated carbocycles. The molecule has 0 amide bonds. The molecule has 0 fully saturated rings. The topological polar surface area (TPSA) is 63.2 Å². The molecule has 5 nitrogen and oxygen atoms in total. The number of fused-ring (bicyclic) bond motifs is 5. The summed E-state index contributed by atoms with van der Waals surface area (Å²) in [5.74, 6) is -0.339. The molecule has 0 spiro atoms. The SMILES string of the molecule is O=C1C(=CC2=CC=C(N3Cc4[se]c5nc6ccccc6nc5c4C3)C2)C(=O)c2ccccc21. The van der Waals surface area contributed by atoms with E-state index >= 15 is 0 Å². The molecule has 0 radical (unpaired) electrons. The molecule has 4 aromatic rings. The van der Waals surface area contributed by atoms with Crippen LogP contribution in [-0.4, -0.2) is 40.9 Å². The molecule has 0 saturated heterocycles. The van der Waals surface area contributed by atoms with Gasteiger partial charge in [-0.2, -0.15) is 0 Å². The number of carbonyl (C=O) groups excluding carboxylic acids is 2. The summed E-state index contributed by atoms with van der Waals surface area (Å²) in [6.45, 7) is 1.74. The summed E-state index contributed by atoms with van der Waals surface area (Å²) < 4.78 is 2.60. The van der Waals surface area contributed by atoms with Crippen molar-refractivity contribution in [1.82, 2.24) is 14.9 Å². The van der Waals surface area contributed by atoms with E-state index in [1.807, 2.05) is 30.3 Å². The van der Waals surface area contributed by atoms with Crippen LogP contribution in [0.5, 0.6) is 0 Å². The van der Waals surface area contributed by atoms with Gasteiger partial charge in [-0.15, -0.1) is 0 Å². The number of rotatable bonds is 2. The van der Waals surface area contributed by atoms with E-state index in [9.17, 15) is 9.59 Å². The summed E-state index contributed by atoms with van der Waals surface area (Å²) in [7, 11) is 0. The predicted octanol–water partition coefficient (Wildman–Crippen LogP) is 4.38. The van der Waals surface area contributed by atoms with Gasteiger partial charge >= 0.3 is 196 Å². The van der Waals surface area contributed by atoms with Crippen LogP contribution in [0.1, 0.15) is 37.1 Å². The molecule has 3 aliphatic rings. The quantitative estimate of drug-likeness (QED) is 0.235. The number of aromatic nitrogens is 2. The third kappa shape index (κ3) is 2.85. The predicted molar refractivity (Wildman–Crippen MR) is 127 cm³/mol. The minimum atomic E-state index is -0.170. The maximum absolute atomic E-state index is 12.7. The Morgan fingerprint density at radius 3 is 2.30 bits per heavy atom. The molecule has 2 aromatic heterocycles. The second-order valence-corrected chi connectivity index (χ2v) is 10.8. The van der Waals surface area contributed by atoms with E-state index in [-0.39, 0.29) is 31.6 Å². The number of hydrogen-bond acceptors (Lipinski definition) is 5. The molecule has 6 heteroatoms. The first-order valence-electron chi connectivity index (χ1n) is 10.9. The molecular weight excluding hydrogens is 477 g/mol. The zero-order valence-electron chi connectivity index (χ0n) is 17.5. The van der Waals surface area contributed by atoms with E-state index in [4.69, 9.17) is 9.97 Å². The van der Waals surface area contributed by atoms with Crippen molar-refractivity contribution in [3.63, 3.8) is 0 Å². The van der Waals surface area contributed by atoms with Gasteiger partial charge in [-0.1, -0.05) is 0 Å². The number of carbonyl (C=O) groups is 2. The van der Waals surface area contributed by atoms with Crippen LogP contribution >= 0.6 is 0 Å². The molecule has 33 heavy (non-hydrogen) atoms. The maximum atomic E-state index is 12.7. The van der Waals surface area contributed by atoms with Crippen LogP contribution in [0.25, 0.3) is 20.9 Å². The molecule has 2 aliphatic carbocycles. The van der Waals surface area contributed by atoms with E-state index in [1.54, 1.807) is 30.3 Å². The van der Waals surface area contributed by atoms with Gasteiger partial charge in [-0.25, -0.2) is 0 Å². The van der Waals surface area contributed by atoms with Gasteiger partial charge in [-0.3, -0.25) is 0 Å². The second kappa shape index (κ2) is 6.95. The number of benzene rings is 2. The Bertz CT molecular complexity index is 1600. The number of ketones is 2. The Hall–Kier alpha value is -3.60. The first-order valence-corrected chi connectivity index (χ1v) is 12.6. The average Bonchev–Trinajstić information content (AvgIpc) is 3.58. The van der Waals surface area contributed by atoms with Crippen molar-refractivity contribution in [2.24, 2.45) is 0 Å². The number of allylic oxidation sites excluding steroid dienone is 5. The van der Waals surface area contributed by atoms with Crippen molar-refractivity contribution in [1.29, 1.82) is 0 Å². The van der Waals surface area contributed by atoms with Crippen LogP contribution in [0.2, 0.25) is 0 Å². The summed E-state index contributed by atoms with van der Waals surface area (Å²) >= 11 is 0.211. The van der Waals surface area contributed by atoms with Gasteiger partial charge in [0.1, 0.15) is 0 Å². The van der Waals surface area contributed by atoms with Crippen molar-refractivity contribution in [3.05, 3.63) is 105 Å². The van der Waals surface area contributed by atoms with Crippen molar-refractivity contribution in [2.75, 3.05) is 0 Å². The molecule has 0 N–H and O–H groups in total. The van der Waals surface area contributed by atoms with Crippen LogP contribution in [0, 0.1) is 0 Å². The Morgan fingerprint density at radius 2 is 1.55 bits per heavy atom. The van der Waals surface area contributed by atoms with Gasteiger partial charge in [0.05, 0.1) is 0 Å². The van der Waals surface area contributed by atoms with Crippen LogP contribution in [-0.2, 0) is 13.1 Å². The summed E-state index contributed by atoms with van der Waals surface area (Å²) in [5.41, 5.74) is 7.82. The Balaban J connectivity index is 1.12. The van der Waals surface area contributed by atoms with E-state index in [1.165, 1.54) is 15.7 Å². The van der Waals surface area contributed by atoms with Crippen LogP contribution in [0.15, 0.2) is 83.6 Å². The van der Waals surface area contributed by atoms with E-state index in [0.717, 1.165) is 46.0 Å². The van der Waals surface area contributed by atoms with E-state index < -0.39 is 0 Å². The van der Waals surface area contributed by atoms with Gasteiger partial charge in [0.15, 0.2) is 0 Å². The molecule has 0 unspecified atom stereocenters. The van der Waals surface area contributed by atoms with Crippen molar-refractivity contribution in [2.45, 2.75) is 19.5 Å². The second-order valence-electron chi connectivity index (χ2n) is 8.56. The summed E-state index contributed by atoms with van der Waals surface area (Å²) in [6.07, 6.45) is 6.65. The van der Waals surface area contributed by atoms with E-state index in [0.29, 0.717) is 11.1 Å². The van der Waals surface area contributed by atoms with Gasteiger partial charge in [0.25, 0.3) is 0 Å². The molecule has 2 aromatic carbocycles. The normalized spacial score (nSPS) is 17.1. The fraction of sp³-hybridized carbons (Fsp3) is 0.111. The molecular formula is C27H17N3O2Se. The zero-order chi connectivity index (χ0) is 22.1. The zero-order valence-corrected chi connectivity index (χ0v) is 19.3. The van der Waals surface area contributed by atoms with Crippen LogP contribution in [0.3, 0.4) is 0 Å². The number of nitrogens with zero attached hydrogens (tertiary/aromatic N) is 3. The molecule has 7 rings (SSSR count). The van der Waals surface area contributed by atoms with Crippen LogP contribution in [0.4, 0.5) is 0 Å². The number of hydrogen-bond donors (Lipinski definition) is 0.